The highest BCUT2D eigenvalue weighted by atomic mass is 16.3. The maximum Gasteiger partial charge on any atom is 0.332 e. The average Bonchev–Trinajstić information content (AvgIpc) is 3.13. The minimum atomic E-state index is -0.772. The minimum Gasteiger partial charge on any atom is -0.467 e. The highest BCUT2D eigenvalue weighted by Gasteiger charge is 2.21. The van der Waals surface area contributed by atoms with Gasteiger partial charge in [0.05, 0.1) is 23.7 Å². The van der Waals surface area contributed by atoms with Gasteiger partial charge in [0.2, 0.25) is 5.91 Å². The molecule has 0 aliphatic heterocycles. The fourth-order valence-corrected chi connectivity index (χ4v) is 2.84. The number of fused-ring (bicyclic) bond motifs is 1. The van der Waals surface area contributed by atoms with E-state index in [0.29, 0.717) is 16.7 Å². The van der Waals surface area contributed by atoms with Gasteiger partial charge >= 0.3 is 5.69 Å². The monoisotopic (exact) mass is 341 g/mol. The molecule has 0 saturated carbocycles. The van der Waals surface area contributed by atoms with Gasteiger partial charge in [-0.1, -0.05) is 12.1 Å². The van der Waals surface area contributed by atoms with Crippen LogP contribution in [-0.4, -0.2) is 15.0 Å². The predicted molar refractivity (Wildman–Crippen MR) is 93.4 cm³/mol. The molecule has 7 nitrogen and oxygen atoms in total. The second-order valence-electron chi connectivity index (χ2n) is 5.69. The lowest BCUT2D eigenvalue weighted by atomic mass is 10.2. The van der Waals surface area contributed by atoms with E-state index in [-0.39, 0.29) is 24.6 Å². The topological polar surface area (TPSA) is 86.2 Å². The van der Waals surface area contributed by atoms with Gasteiger partial charge in [0, 0.05) is 6.54 Å². The lowest BCUT2D eigenvalue weighted by Crippen LogP contribution is -2.44. The molecule has 3 aromatic rings. The van der Waals surface area contributed by atoms with Crippen LogP contribution in [0.3, 0.4) is 0 Å². The first kappa shape index (κ1) is 16.8. The number of furan rings is 1. The van der Waals surface area contributed by atoms with Crippen molar-refractivity contribution in [2.24, 2.45) is 0 Å². The maximum atomic E-state index is 12.7. The van der Waals surface area contributed by atoms with Gasteiger partial charge in [-0.05, 0) is 38.1 Å². The lowest BCUT2D eigenvalue weighted by Gasteiger charge is -2.19. The Bertz CT molecular complexity index is 1010. The third-order valence-electron chi connectivity index (χ3n) is 4.18. The fourth-order valence-electron chi connectivity index (χ4n) is 2.84. The number of carbonyl (C=O) groups is 1. The summed E-state index contributed by atoms with van der Waals surface area (Å²) in [7, 11) is 0. The minimum absolute atomic E-state index is 0.232. The first-order chi connectivity index (χ1) is 12.0. The van der Waals surface area contributed by atoms with Gasteiger partial charge in [-0.2, -0.15) is 0 Å². The van der Waals surface area contributed by atoms with Crippen molar-refractivity contribution in [3.63, 3.8) is 0 Å². The van der Waals surface area contributed by atoms with E-state index in [2.05, 4.69) is 5.32 Å². The summed E-state index contributed by atoms with van der Waals surface area (Å²) in [5.41, 5.74) is -0.391. The van der Waals surface area contributed by atoms with Crippen LogP contribution in [0.5, 0.6) is 0 Å². The van der Waals surface area contributed by atoms with E-state index < -0.39 is 11.7 Å². The zero-order chi connectivity index (χ0) is 18.0. The van der Waals surface area contributed by atoms with E-state index in [1.165, 1.54) is 10.8 Å². The molecular formula is C18H19N3O4. The van der Waals surface area contributed by atoms with Crippen molar-refractivity contribution in [1.29, 1.82) is 0 Å². The molecule has 0 spiro atoms. The van der Waals surface area contributed by atoms with Crippen LogP contribution in [0.2, 0.25) is 0 Å². The number of hydrogen-bond acceptors (Lipinski definition) is 4. The Hall–Kier alpha value is -3.09. The van der Waals surface area contributed by atoms with Gasteiger partial charge in [0.15, 0.2) is 0 Å². The standard InChI is InChI=1S/C18H19N3O4/c1-3-20-17(23)14-8-4-5-9-15(14)21(18(20)24)12(2)16(22)19-11-13-7-6-10-25-13/h4-10,12H,3,11H2,1-2H3,(H,19,22). The van der Waals surface area contributed by atoms with Crippen LogP contribution >= 0.6 is 0 Å². The number of benzene rings is 1. The molecule has 0 aliphatic carbocycles. The Morgan fingerprint density at radius 2 is 1.96 bits per heavy atom. The summed E-state index contributed by atoms with van der Waals surface area (Å²) in [6, 6.07) is 9.53. The third-order valence-corrected chi connectivity index (χ3v) is 4.18. The summed E-state index contributed by atoms with van der Waals surface area (Å²) >= 11 is 0. The van der Waals surface area contributed by atoms with Crippen LogP contribution < -0.4 is 16.6 Å². The molecule has 1 atom stereocenters. The Morgan fingerprint density at radius 3 is 2.64 bits per heavy atom. The molecule has 2 aromatic heterocycles. The Kier molecular flexibility index (Phi) is 4.56. The molecule has 3 rings (SSSR count). The van der Waals surface area contributed by atoms with Crippen molar-refractivity contribution >= 4 is 16.8 Å². The molecule has 7 heteroatoms. The normalized spacial score (nSPS) is 12.2. The van der Waals surface area contributed by atoms with Crippen LogP contribution in [0.1, 0.15) is 25.6 Å². The second kappa shape index (κ2) is 6.80. The van der Waals surface area contributed by atoms with Crippen molar-refractivity contribution in [1.82, 2.24) is 14.5 Å². The summed E-state index contributed by atoms with van der Waals surface area (Å²) in [6.07, 6.45) is 1.53. The number of para-hydroxylation sites is 1. The largest absolute Gasteiger partial charge is 0.467 e. The van der Waals surface area contributed by atoms with E-state index >= 15 is 0 Å². The molecule has 130 valence electrons. The summed E-state index contributed by atoms with van der Waals surface area (Å²) in [6.45, 7) is 3.83. The van der Waals surface area contributed by atoms with Crippen LogP contribution in [-0.2, 0) is 17.9 Å². The van der Waals surface area contributed by atoms with Crippen molar-refractivity contribution in [2.75, 3.05) is 0 Å². The van der Waals surface area contributed by atoms with E-state index in [1.54, 1.807) is 50.2 Å². The van der Waals surface area contributed by atoms with Gasteiger partial charge in [-0.3, -0.25) is 18.7 Å². The molecule has 0 aliphatic rings. The van der Waals surface area contributed by atoms with E-state index in [9.17, 15) is 14.4 Å². The second-order valence-corrected chi connectivity index (χ2v) is 5.69. The van der Waals surface area contributed by atoms with E-state index in [4.69, 9.17) is 4.42 Å². The Balaban J connectivity index is 2.03. The van der Waals surface area contributed by atoms with Gasteiger partial charge in [-0.15, -0.1) is 0 Å². The van der Waals surface area contributed by atoms with Gasteiger partial charge in [0.1, 0.15) is 11.8 Å². The molecular weight excluding hydrogens is 322 g/mol. The van der Waals surface area contributed by atoms with Crippen molar-refractivity contribution in [2.45, 2.75) is 33.0 Å². The first-order valence-corrected chi connectivity index (χ1v) is 8.08. The lowest BCUT2D eigenvalue weighted by molar-refractivity contribution is -0.124. The summed E-state index contributed by atoms with van der Waals surface area (Å²) in [4.78, 5) is 37.7. The van der Waals surface area contributed by atoms with Gasteiger partial charge in [-0.25, -0.2) is 4.79 Å². The maximum absolute atomic E-state index is 12.7. The predicted octanol–water partition coefficient (Wildman–Crippen LogP) is 1.65. The van der Waals surface area contributed by atoms with Crippen LogP contribution in [0, 0.1) is 0 Å². The Labute approximate surface area is 143 Å². The fraction of sp³-hybridized carbons (Fsp3) is 0.278. The number of nitrogens with one attached hydrogen (secondary N) is 1. The van der Waals surface area contributed by atoms with Crippen molar-refractivity contribution in [3.8, 4) is 0 Å². The zero-order valence-corrected chi connectivity index (χ0v) is 14.1. The quantitative estimate of drug-likeness (QED) is 0.764. The van der Waals surface area contributed by atoms with Gasteiger partial charge in [0.25, 0.3) is 5.56 Å². The highest BCUT2D eigenvalue weighted by molar-refractivity contribution is 5.84. The first-order valence-electron chi connectivity index (χ1n) is 8.08. The summed E-state index contributed by atoms with van der Waals surface area (Å²) in [5.74, 6) is 0.293. The number of amides is 1. The number of nitrogens with zero attached hydrogens (tertiary/aromatic N) is 2. The smallest absolute Gasteiger partial charge is 0.332 e. The molecule has 2 heterocycles. The third kappa shape index (κ3) is 3.00. The molecule has 0 radical (unpaired) electrons. The highest BCUT2D eigenvalue weighted by Crippen LogP contribution is 2.13. The average molecular weight is 341 g/mol. The molecule has 1 aromatic carbocycles. The summed E-state index contributed by atoms with van der Waals surface area (Å²) in [5, 5.41) is 3.16. The van der Waals surface area contributed by atoms with Crippen LogP contribution in [0.25, 0.3) is 10.9 Å². The molecule has 0 saturated heterocycles. The van der Waals surface area contributed by atoms with Crippen LogP contribution in [0.15, 0.2) is 56.7 Å². The zero-order valence-electron chi connectivity index (χ0n) is 14.1. The SMILES string of the molecule is CCn1c(=O)c2ccccc2n(C(C)C(=O)NCc2ccco2)c1=O. The van der Waals surface area contributed by atoms with Crippen molar-refractivity contribution < 1.29 is 9.21 Å². The number of rotatable bonds is 5. The van der Waals surface area contributed by atoms with Crippen LogP contribution in [0.4, 0.5) is 0 Å². The van der Waals surface area contributed by atoms with E-state index in [0.717, 1.165) is 4.57 Å². The summed E-state index contributed by atoms with van der Waals surface area (Å²) < 4.78 is 7.68. The molecule has 0 bridgehead atoms. The number of hydrogen-bond donors (Lipinski definition) is 1. The molecule has 1 N–H and O–H groups in total. The molecule has 25 heavy (non-hydrogen) atoms. The molecule has 1 amide bonds. The number of carbonyl (C=O) groups excluding carboxylic acids is 1. The molecule has 0 fully saturated rings. The van der Waals surface area contributed by atoms with Crippen molar-refractivity contribution in [3.05, 3.63) is 69.3 Å². The molecule has 1 unspecified atom stereocenters. The number of aromatic nitrogens is 2. The van der Waals surface area contributed by atoms with E-state index in [1.807, 2.05) is 0 Å². The Morgan fingerprint density at radius 1 is 1.20 bits per heavy atom. The van der Waals surface area contributed by atoms with Gasteiger partial charge < -0.3 is 9.73 Å².